The monoisotopic (exact) mass is 228 g/mol. The third-order valence-corrected chi connectivity index (χ3v) is 2.58. The van der Waals surface area contributed by atoms with Gasteiger partial charge in [-0.25, -0.2) is 0 Å². The molecule has 0 aromatic heterocycles. The fourth-order valence-electron chi connectivity index (χ4n) is 1.71. The van der Waals surface area contributed by atoms with E-state index in [4.69, 9.17) is 5.73 Å². The van der Waals surface area contributed by atoms with Crippen LogP contribution in [0.3, 0.4) is 0 Å². The van der Waals surface area contributed by atoms with Gasteiger partial charge in [-0.2, -0.15) is 0 Å². The van der Waals surface area contributed by atoms with E-state index in [1.54, 1.807) is 12.1 Å². The molecule has 0 aliphatic carbocycles. The average molecular weight is 228 g/mol. The lowest BCUT2D eigenvalue weighted by atomic mass is 10.0. The predicted octanol–water partition coefficient (Wildman–Crippen LogP) is 3.15. The number of anilines is 1. The fraction of sp³-hybridized carbons (Fsp3) is 0.0769. The van der Waals surface area contributed by atoms with Gasteiger partial charge in [-0.1, -0.05) is 35.9 Å². The van der Waals surface area contributed by atoms with E-state index in [0.29, 0.717) is 0 Å². The summed E-state index contributed by atoms with van der Waals surface area (Å²) in [5.41, 5.74) is 8.56. The van der Waals surface area contributed by atoms with Crippen LogP contribution >= 0.6 is 0 Å². The largest absolute Gasteiger partial charge is 0.393 e. The van der Waals surface area contributed by atoms with Crippen molar-refractivity contribution >= 4 is 11.4 Å². The second-order valence-corrected chi connectivity index (χ2v) is 3.90. The van der Waals surface area contributed by atoms with Gasteiger partial charge in [0.2, 0.25) is 0 Å². The van der Waals surface area contributed by atoms with Crippen LogP contribution in [0.2, 0.25) is 0 Å². The van der Waals surface area contributed by atoms with Gasteiger partial charge in [0.25, 0.3) is 5.69 Å². The van der Waals surface area contributed by atoms with Crippen molar-refractivity contribution in [2.45, 2.75) is 6.92 Å². The van der Waals surface area contributed by atoms with Crippen LogP contribution in [-0.4, -0.2) is 4.92 Å². The molecule has 0 radical (unpaired) electrons. The van der Waals surface area contributed by atoms with E-state index in [0.717, 1.165) is 16.7 Å². The minimum Gasteiger partial charge on any atom is -0.393 e. The normalized spacial score (nSPS) is 10.2. The number of hydrogen-bond acceptors (Lipinski definition) is 3. The van der Waals surface area contributed by atoms with Gasteiger partial charge in [0.15, 0.2) is 0 Å². The summed E-state index contributed by atoms with van der Waals surface area (Å²) in [7, 11) is 0. The zero-order valence-electron chi connectivity index (χ0n) is 9.38. The number of benzene rings is 2. The smallest absolute Gasteiger partial charge is 0.292 e. The van der Waals surface area contributed by atoms with Crippen molar-refractivity contribution in [3.05, 3.63) is 58.1 Å². The van der Waals surface area contributed by atoms with Crippen molar-refractivity contribution in [2.75, 3.05) is 5.73 Å². The third-order valence-electron chi connectivity index (χ3n) is 2.58. The van der Waals surface area contributed by atoms with Crippen molar-refractivity contribution in [3.63, 3.8) is 0 Å². The maximum absolute atomic E-state index is 10.8. The Morgan fingerprint density at radius 3 is 2.47 bits per heavy atom. The number of nitro groups is 1. The predicted molar refractivity (Wildman–Crippen MR) is 67.7 cm³/mol. The summed E-state index contributed by atoms with van der Waals surface area (Å²) < 4.78 is 0. The molecule has 0 aliphatic heterocycles. The summed E-state index contributed by atoms with van der Waals surface area (Å²) in [6.45, 7) is 1.98. The molecule has 0 heterocycles. The van der Waals surface area contributed by atoms with Crippen molar-refractivity contribution in [2.24, 2.45) is 0 Å². The summed E-state index contributed by atoms with van der Waals surface area (Å²) in [4.78, 5) is 10.3. The van der Waals surface area contributed by atoms with E-state index in [1.165, 1.54) is 6.07 Å². The second-order valence-electron chi connectivity index (χ2n) is 3.90. The molecule has 2 aromatic rings. The van der Waals surface area contributed by atoms with Crippen LogP contribution in [0.25, 0.3) is 11.1 Å². The highest BCUT2D eigenvalue weighted by Gasteiger charge is 2.12. The lowest BCUT2D eigenvalue weighted by Gasteiger charge is -2.04. The van der Waals surface area contributed by atoms with Crippen LogP contribution in [0.15, 0.2) is 42.5 Å². The summed E-state index contributed by atoms with van der Waals surface area (Å²) in [5, 5.41) is 10.8. The first-order valence-electron chi connectivity index (χ1n) is 5.19. The Kier molecular flexibility index (Phi) is 2.78. The van der Waals surface area contributed by atoms with Gasteiger partial charge in [0.05, 0.1) is 4.92 Å². The lowest BCUT2D eigenvalue weighted by molar-refractivity contribution is -0.383. The van der Waals surface area contributed by atoms with E-state index in [-0.39, 0.29) is 11.4 Å². The highest BCUT2D eigenvalue weighted by molar-refractivity contribution is 5.72. The highest BCUT2D eigenvalue weighted by Crippen LogP contribution is 2.28. The number of nitrogens with two attached hydrogens (primary N) is 1. The summed E-state index contributed by atoms with van der Waals surface area (Å²) >= 11 is 0. The van der Waals surface area contributed by atoms with Crippen molar-refractivity contribution in [1.29, 1.82) is 0 Å². The Bertz CT molecular complexity index is 579. The Hall–Kier alpha value is -2.36. The molecule has 4 nitrogen and oxygen atoms in total. The summed E-state index contributed by atoms with van der Waals surface area (Å²) in [6.07, 6.45) is 0. The van der Waals surface area contributed by atoms with Crippen molar-refractivity contribution < 1.29 is 4.92 Å². The molecule has 86 valence electrons. The summed E-state index contributed by atoms with van der Waals surface area (Å²) in [6, 6.07) is 12.7. The van der Waals surface area contributed by atoms with E-state index in [1.807, 2.05) is 31.2 Å². The standard InChI is InChI=1S/C13H12N2O2/c1-9-3-2-4-10(7-9)11-5-6-12(14)13(8-11)15(16)17/h2-8H,14H2,1H3. The van der Waals surface area contributed by atoms with Crippen LogP contribution in [0, 0.1) is 17.0 Å². The molecular formula is C13H12N2O2. The number of rotatable bonds is 2. The molecule has 0 fully saturated rings. The molecular weight excluding hydrogens is 216 g/mol. The molecule has 0 saturated heterocycles. The van der Waals surface area contributed by atoms with Gasteiger partial charge in [0, 0.05) is 6.07 Å². The molecule has 2 N–H and O–H groups in total. The first-order chi connectivity index (χ1) is 8.08. The van der Waals surface area contributed by atoms with E-state index >= 15 is 0 Å². The number of nitrogens with zero attached hydrogens (tertiary/aromatic N) is 1. The Morgan fingerprint density at radius 2 is 1.82 bits per heavy atom. The fourth-order valence-corrected chi connectivity index (χ4v) is 1.71. The minimum atomic E-state index is -0.464. The second kappa shape index (κ2) is 4.25. The molecule has 2 rings (SSSR count). The zero-order chi connectivity index (χ0) is 12.4. The van der Waals surface area contributed by atoms with Crippen LogP contribution in [-0.2, 0) is 0 Å². The number of nitro benzene ring substituents is 1. The highest BCUT2D eigenvalue weighted by atomic mass is 16.6. The maximum atomic E-state index is 10.8. The molecule has 0 spiro atoms. The van der Waals surface area contributed by atoms with Gasteiger partial charge >= 0.3 is 0 Å². The molecule has 0 atom stereocenters. The zero-order valence-corrected chi connectivity index (χ0v) is 9.38. The molecule has 0 saturated carbocycles. The van der Waals surface area contributed by atoms with Crippen LogP contribution < -0.4 is 5.73 Å². The quantitative estimate of drug-likeness (QED) is 0.487. The SMILES string of the molecule is Cc1cccc(-c2ccc(N)c([N+](=O)[O-])c2)c1. The van der Waals surface area contributed by atoms with Gasteiger partial charge in [-0.15, -0.1) is 0 Å². The van der Waals surface area contributed by atoms with Gasteiger partial charge in [-0.05, 0) is 24.1 Å². The van der Waals surface area contributed by atoms with Crippen molar-refractivity contribution in [1.82, 2.24) is 0 Å². The van der Waals surface area contributed by atoms with Crippen LogP contribution in [0.5, 0.6) is 0 Å². The van der Waals surface area contributed by atoms with Gasteiger partial charge in [0.1, 0.15) is 5.69 Å². The van der Waals surface area contributed by atoms with Crippen molar-refractivity contribution in [3.8, 4) is 11.1 Å². The molecule has 0 unspecified atom stereocenters. The number of nitrogen functional groups attached to an aromatic ring is 1. The lowest BCUT2D eigenvalue weighted by Crippen LogP contribution is -1.95. The molecule has 0 aliphatic rings. The molecule has 0 bridgehead atoms. The summed E-state index contributed by atoms with van der Waals surface area (Å²) in [5.74, 6) is 0. The molecule has 17 heavy (non-hydrogen) atoms. The maximum Gasteiger partial charge on any atom is 0.292 e. The molecule has 4 heteroatoms. The van der Waals surface area contributed by atoms with Gasteiger partial charge < -0.3 is 5.73 Å². The van der Waals surface area contributed by atoms with Crippen LogP contribution in [0.1, 0.15) is 5.56 Å². The first kappa shape index (κ1) is 11.1. The van der Waals surface area contributed by atoms with E-state index in [2.05, 4.69) is 0 Å². The Labute approximate surface area is 98.8 Å². The van der Waals surface area contributed by atoms with E-state index in [9.17, 15) is 10.1 Å². The molecule has 2 aromatic carbocycles. The Morgan fingerprint density at radius 1 is 1.12 bits per heavy atom. The third kappa shape index (κ3) is 2.25. The first-order valence-corrected chi connectivity index (χ1v) is 5.19. The average Bonchev–Trinajstić information content (AvgIpc) is 2.29. The Balaban J connectivity index is 2.54. The number of aryl methyl sites for hydroxylation is 1. The minimum absolute atomic E-state index is 0.0518. The topological polar surface area (TPSA) is 69.2 Å². The van der Waals surface area contributed by atoms with Gasteiger partial charge in [-0.3, -0.25) is 10.1 Å². The van der Waals surface area contributed by atoms with Crippen LogP contribution in [0.4, 0.5) is 11.4 Å². The molecule has 0 amide bonds. The van der Waals surface area contributed by atoms with E-state index < -0.39 is 4.92 Å². The number of hydrogen-bond donors (Lipinski definition) is 1.